The molecule has 2 aromatic rings. The third-order valence-electron chi connectivity index (χ3n) is 6.49. The molecule has 0 bridgehead atoms. The molecule has 0 heterocycles. The molecule has 0 radical (unpaired) electrons. The number of nitrogens with zero attached hydrogens (tertiary/aromatic N) is 1. The minimum absolute atomic E-state index is 0.0837. The van der Waals surface area contributed by atoms with Gasteiger partial charge in [0.2, 0.25) is 6.10 Å². The predicted octanol–water partition coefficient (Wildman–Crippen LogP) is 4.20. The molecule has 1 amide bonds. The van der Waals surface area contributed by atoms with E-state index in [4.69, 9.17) is 4.74 Å². The van der Waals surface area contributed by atoms with Crippen LogP contribution >= 0.6 is 0 Å². The minimum atomic E-state index is -0.910. The molecule has 0 aliphatic heterocycles. The second kappa shape index (κ2) is 10.1. The van der Waals surface area contributed by atoms with Crippen molar-refractivity contribution in [2.75, 3.05) is 14.1 Å². The Bertz CT molecular complexity index is 869. The van der Waals surface area contributed by atoms with E-state index in [0.717, 1.165) is 32.1 Å². The van der Waals surface area contributed by atoms with Crippen LogP contribution in [0.4, 0.5) is 0 Å². The minimum Gasteiger partial charge on any atom is -0.447 e. The number of benzene rings is 2. The van der Waals surface area contributed by atoms with Crippen molar-refractivity contribution in [2.45, 2.75) is 63.6 Å². The zero-order valence-electron chi connectivity index (χ0n) is 19.1. The first kappa shape index (κ1) is 23.0. The molecular weight excluding hydrogens is 388 g/mol. The molecule has 1 aliphatic rings. The summed E-state index contributed by atoms with van der Waals surface area (Å²) in [4.78, 5) is 26.9. The molecule has 1 aliphatic carbocycles. The van der Waals surface area contributed by atoms with Crippen molar-refractivity contribution in [3.63, 3.8) is 0 Å². The van der Waals surface area contributed by atoms with Crippen LogP contribution in [-0.2, 0) is 20.7 Å². The van der Waals surface area contributed by atoms with Gasteiger partial charge in [0.25, 0.3) is 5.91 Å². The molecule has 1 fully saturated rings. The van der Waals surface area contributed by atoms with Gasteiger partial charge >= 0.3 is 5.97 Å². The Hall–Kier alpha value is -2.66. The molecule has 166 valence electrons. The van der Waals surface area contributed by atoms with Crippen LogP contribution in [0.5, 0.6) is 0 Å². The molecule has 1 saturated carbocycles. The molecule has 3 rings (SSSR count). The lowest BCUT2D eigenvalue weighted by molar-refractivity contribution is -0.154. The number of likely N-dealkylation sites (N-methyl/N-ethyl adjacent to an activating group) is 1. The van der Waals surface area contributed by atoms with Gasteiger partial charge < -0.3 is 15.0 Å². The standard InChI is InChI=1S/C26H34N2O3/c1-19-10-12-21(13-11-19)18-26(28(3)4)16-14-23(15-17-26)27-25(30)24(31-20(2)29)22-8-6-5-7-9-22/h5-13,23-24H,14-18H2,1-4H3,(H,27,30). The number of esters is 1. The Balaban J connectivity index is 1.64. The maximum atomic E-state index is 13.0. The van der Waals surface area contributed by atoms with Crippen LogP contribution in [0.1, 0.15) is 55.4 Å². The number of hydrogen-bond acceptors (Lipinski definition) is 4. The summed E-state index contributed by atoms with van der Waals surface area (Å²) >= 11 is 0. The first-order valence-electron chi connectivity index (χ1n) is 11.0. The van der Waals surface area contributed by atoms with Gasteiger partial charge in [-0.05, 0) is 58.7 Å². The Morgan fingerprint density at radius 2 is 1.68 bits per heavy atom. The van der Waals surface area contributed by atoms with Crippen molar-refractivity contribution >= 4 is 11.9 Å². The number of ether oxygens (including phenoxy) is 1. The van der Waals surface area contributed by atoms with Gasteiger partial charge in [-0.1, -0.05) is 60.2 Å². The zero-order chi connectivity index (χ0) is 22.4. The van der Waals surface area contributed by atoms with Gasteiger partial charge in [0.1, 0.15) is 0 Å². The third-order valence-corrected chi connectivity index (χ3v) is 6.49. The van der Waals surface area contributed by atoms with E-state index in [2.05, 4.69) is 55.5 Å². The highest BCUT2D eigenvalue weighted by Gasteiger charge is 2.38. The lowest BCUT2D eigenvalue weighted by atomic mass is 9.74. The summed E-state index contributed by atoms with van der Waals surface area (Å²) in [5.74, 6) is -0.709. The van der Waals surface area contributed by atoms with E-state index < -0.39 is 12.1 Å². The van der Waals surface area contributed by atoms with Gasteiger partial charge in [0.15, 0.2) is 0 Å². The number of nitrogens with one attached hydrogen (secondary N) is 1. The highest BCUT2D eigenvalue weighted by molar-refractivity contribution is 5.84. The molecular formula is C26H34N2O3. The molecule has 1 unspecified atom stereocenters. The van der Waals surface area contributed by atoms with E-state index in [1.54, 1.807) is 0 Å². The molecule has 0 spiro atoms. The van der Waals surface area contributed by atoms with E-state index in [9.17, 15) is 9.59 Å². The van der Waals surface area contributed by atoms with Gasteiger partial charge in [-0.3, -0.25) is 9.59 Å². The fraction of sp³-hybridized carbons (Fsp3) is 0.462. The molecule has 1 atom stereocenters. The second-order valence-corrected chi connectivity index (χ2v) is 8.96. The Kier molecular flexibility index (Phi) is 7.50. The summed E-state index contributed by atoms with van der Waals surface area (Å²) in [5.41, 5.74) is 3.40. The molecule has 0 aromatic heterocycles. The van der Waals surface area contributed by atoms with Crippen LogP contribution in [0.15, 0.2) is 54.6 Å². The molecule has 2 aromatic carbocycles. The van der Waals surface area contributed by atoms with Crippen LogP contribution < -0.4 is 5.32 Å². The smallest absolute Gasteiger partial charge is 0.303 e. The number of amides is 1. The highest BCUT2D eigenvalue weighted by atomic mass is 16.5. The van der Waals surface area contributed by atoms with Crippen molar-refractivity contribution in [1.82, 2.24) is 10.2 Å². The maximum absolute atomic E-state index is 13.0. The molecule has 5 heteroatoms. The lowest BCUT2D eigenvalue weighted by Crippen LogP contribution is -2.52. The van der Waals surface area contributed by atoms with E-state index in [1.165, 1.54) is 18.1 Å². The van der Waals surface area contributed by atoms with Gasteiger partial charge in [-0.25, -0.2) is 0 Å². The van der Waals surface area contributed by atoms with E-state index >= 15 is 0 Å². The Morgan fingerprint density at radius 1 is 1.06 bits per heavy atom. The Morgan fingerprint density at radius 3 is 2.23 bits per heavy atom. The van der Waals surface area contributed by atoms with Gasteiger partial charge in [0.05, 0.1) is 0 Å². The number of carbonyl (C=O) groups is 2. The van der Waals surface area contributed by atoms with E-state index in [1.807, 2.05) is 30.3 Å². The first-order chi connectivity index (χ1) is 14.8. The van der Waals surface area contributed by atoms with Crippen LogP contribution in [-0.4, -0.2) is 42.5 Å². The largest absolute Gasteiger partial charge is 0.447 e. The first-order valence-corrected chi connectivity index (χ1v) is 11.0. The average molecular weight is 423 g/mol. The monoisotopic (exact) mass is 422 g/mol. The zero-order valence-corrected chi connectivity index (χ0v) is 19.1. The van der Waals surface area contributed by atoms with Crippen molar-refractivity contribution in [3.8, 4) is 0 Å². The van der Waals surface area contributed by atoms with Crippen LogP contribution in [0, 0.1) is 6.92 Å². The summed E-state index contributed by atoms with van der Waals surface area (Å²) in [5, 5.41) is 3.14. The predicted molar refractivity (Wildman–Crippen MR) is 123 cm³/mol. The summed E-state index contributed by atoms with van der Waals surface area (Å²) < 4.78 is 5.35. The number of aryl methyl sites for hydroxylation is 1. The van der Waals surface area contributed by atoms with Gasteiger partial charge in [-0.2, -0.15) is 0 Å². The lowest BCUT2D eigenvalue weighted by Gasteiger charge is -2.45. The van der Waals surface area contributed by atoms with E-state index in [0.29, 0.717) is 5.56 Å². The number of rotatable bonds is 7. The molecule has 1 N–H and O–H groups in total. The number of carbonyl (C=O) groups excluding carboxylic acids is 2. The van der Waals surface area contributed by atoms with Crippen molar-refractivity contribution in [2.24, 2.45) is 0 Å². The van der Waals surface area contributed by atoms with Crippen molar-refractivity contribution < 1.29 is 14.3 Å². The molecule has 0 saturated heterocycles. The number of hydrogen-bond donors (Lipinski definition) is 1. The van der Waals surface area contributed by atoms with Crippen LogP contribution in [0.3, 0.4) is 0 Å². The SMILES string of the molecule is CC(=O)OC(C(=O)NC1CCC(Cc2ccc(C)cc2)(N(C)C)CC1)c1ccccc1. The maximum Gasteiger partial charge on any atom is 0.303 e. The third kappa shape index (κ3) is 5.95. The summed E-state index contributed by atoms with van der Waals surface area (Å²) in [7, 11) is 4.30. The van der Waals surface area contributed by atoms with Gasteiger partial charge in [-0.15, -0.1) is 0 Å². The summed E-state index contributed by atoms with van der Waals surface area (Å²) in [6, 6.07) is 18.1. The summed E-state index contributed by atoms with van der Waals surface area (Å²) in [6.07, 6.45) is 3.90. The molecule has 5 nitrogen and oxygen atoms in total. The van der Waals surface area contributed by atoms with Crippen molar-refractivity contribution in [3.05, 3.63) is 71.3 Å². The Labute approximate surface area is 185 Å². The summed E-state index contributed by atoms with van der Waals surface area (Å²) in [6.45, 7) is 3.44. The fourth-order valence-electron chi connectivity index (χ4n) is 4.51. The fourth-order valence-corrected chi connectivity index (χ4v) is 4.51. The van der Waals surface area contributed by atoms with Gasteiger partial charge in [0, 0.05) is 24.1 Å². The average Bonchev–Trinajstić information content (AvgIpc) is 2.75. The normalized spacial score (nSPS) is 22.0. The quantitative estimate of drug-likeness (QED) is 0.680. The van der Waals surface area contributed by atoms with Crippen molar-refractivity contribution in [1.29, 1.82) is 0 Å². The van der Waals surface area contributed by atoms with Crippen LogP contribution in [0.2, 0.25) is 0 Å². The topological polar surface area (TPSA) is 58.6 Å². The highest BCUT2D eigenvalue weighted by Crippen LogP contribution is 2.36. The second-order valence-electron chi connectivity index (χ2n) is 8.96. The van der Waals surface area contributed by atoms with E-state index in [-0.39, 0.29) is 17.5 Å². The van der Waals surface area contributed by atoms with Crippen LogP contribution in [0.25, 0.3) is 0 Å². The molecule has 31 heavy (non-hydrogen) atoms.